The van der Waals surface area contributed by atoms with Gasteiger partial charge in [-0.2, -0.15) is 0 Å². The molecule has 0 radical (unpaired) electrons. The third-order valence-electron chi connectivity index (χ3n) is 9.85. The first kappa shape index (κ1) is 26.0. The fraction of sp³-hybridized carbons (Fsp3) is 0.0455. The monoisotopic (exact) mass is 603 g/mol. The van der Waals surface area contributed by atoms with Gasteiger partial charge in [0.2, 0.25) is 0 Å². The Balaban J connectivity index is 1.27. The van der Waals surface area contributed by atoms with E-state index in [4.69, 9.17) is 0 Å². The zero-order chi connectivity index (χ0) is 30.2. The van der Waals surface area contributed by atoms with Crippen LogP contribution in [-0.2, 0) is 0 Å². The Labute approximate surface area is 272 Å². The molecule has 2 unspecified atom stereocenters. The van der Waals surface area contributed by atoms with Crippen molar-refractivity contribution in [1.82, 2.24) is 4.57 Å². The summed E-state index contributed by atoms with van der Waals surface area (Å²) in [5, 5.41) is 6.10. The van der Waals surface area contributed by atoms with E-state index in [1.165, 1.54) is 82.8 Å². The van der Waals surface area contributed by atoms with Gasteiger partial charge in [0.05, 0.1) is 16.3 Å². The van der Waals surface area contributed by atoms with Crippen molar-refractivity contribution < 1.29 is 0 Å². The first-order valence-electron chi connectivity index (χ1n) is 16.0. The molecule has 0 aliphatic carbocycles. The maximum Gasteiger partial charge on any atom is 0.0591 e. The van der Waals surface area contributed by atoms with E-state index in [0.717, 1.165) is 0 Å². The van der Waals surface area contributed by atoms with E-state index in [-0.39, 0.29) is 0 Å². The number of nitrogens with zero attached hydrogens (tertiary/aromatic N) is 1. The minimum Gasteiger partial charge on any atom is -0.309 e. The van der Waals surface area contributed by atoms with Crippen LogP contribution in [0.2, 0.25) is 0 Å². The predicted octanol–water partition coefficient (Wildman–Crippen LogP) is 12.3. The van der Waals surface area contributed by atoms with Crippen LogP contribution in [0.15, 0.2) is 164 Å². The largest absolute Gasteiger partial charge is 0.309 e. The zero-order valence-electron chi connectivity index (χ0n) is 25.1. The first-order valence-corrected chi connectivity index (χ1v) is 16.9. The zero-order valence-corrected chi connectivity index (χ0v) is 25.9. The summed E-state index contributed by atoms with van der Waals surface area (Å²) in [5.41, 5.74) is 14.1. The molecule has 46 heavy (non-hydrogen) atoms. The standard InChI is InChI=1S/C44H29NS/c1-3-9-28(10-4-1)30-15-17-31(18-16-30)34-25-33(29-11-5-2-6-12-29)26-35(27-34)45-39-22-19-32-13-7-8-14-36(32)42(39)38-21-20-37-40-23-24-41(46-40)43(37)44(38)45/h1-27,40-41H. The van der Waals surface area contributed by atoms with E-state index in [2.05, 4.69) is 180 Å². The van der Waals surface area contributed by atoms with Gasteiger partial charge in [-0.25, -0.2) is 0 Å². The van der Waals surface area contributed by atoms with Gasteiger partial charge in [-0.15, -0.1) is 11.8 Å². The summed E-state index contributed by atoms with van der Waals surface area (Å²) in [6, 6.07) is 55.9. The number of hydrogen-bond acceptors (Lipinski definition) is 1. The van der Waals surface area contributed by atoms with E-state index in [0.29, 0.717) is 10.5 Å². The number of aromatic nitrogens is 1. The third-order valence-corrected chi connectivity index (χ3v) is 11.2. The molecule has 10 rings (SSSR count). The molecule has 2 aliphatic heterocycles. The highest BCUT2D eigenvalue weighted by Crippen LogP contribution is 2.59. The molecule has 2 atom stereocenters. The lowest BCUT2D eigenvalue weighted by Crippen LogP contribution is -2.01. The molecule has 0 fully saturated rings. The van der Waals surface area contributed by atoms with E-state index in [1.807, 2.05) is 0 Å². The Hall–Kier alpha value is -5.31. The van der Waals surface area contributed by atoms with Gasteiger partial charge < -0.3 is 4.57 Å². The second-order valence-electron chi connectivity index (χ2n) is 12.4. The highest BCUT2D eigenvalue weighted by Gasteiger charge is 2.36. The van der Waals surface area contributed by atoms with Crippen molar-refractivity contribution in [2.24, 2.45) is 0 Å². The van der Waals surface area contributed by atoms with Crippen LogP contribution >= 0.6 is 11.8 Å². The van der Waals surface area contributed by atoms with Gasteiger partial charge in [0, 0.05) is 21.7 Å². The molecule has 2 bridgehead atoms. The summed E-state index contributed by atoms with van der Waals surface area (Å²) in [4.78, 5) is 0. The molecule has 1 aromatic heterocycles. The number of thioether (sulfide) groups is 1. The highest BCUT2D eigenvalue weighted by atomic mass is 32.2. The van der Waals surface area contributed by atoms with Crippen molar-refractivity contribution in [3.63, 3.8) is 0 Å². The second kappa shape index (κ2) is 10.1. The average molecular weight is 604 g/mol. The fourth-order valence-corrected chi connectivity index (χ4v) is 9.13. The van der Waals surface area contributed by atoms with E-state index < -0.39 is 0 Å². The molecule has 2 heteroatoms. The van der Waals surface area contributed by atoms with Crippen molar-refractivity contribution >= 4 is 44.3 Å². The van der Waals surface area contributed by atoms with Crippen LogP contribution in [0.25, 0.3) is 71.6 Å². The lowest BCUT2D eigenvalue weighted by Gasteiger charge is -2.17. The molecule has 2 aliphatic rings. The van der Waals surface area contributed by atoms with Crippen molar-refractivity contribution in [2.45, 2.75) is 10.5 Å². The number of benzene rings is 7. The van der Waals surface area contributed by atoms with Gasteiger partial charge in [0.1, 0.15) is 0 Å². The Morgan fingerprint density at radius 1 is 0.457 bits per heavy atom. The van der Waals surface area contributed by atoms with Crippen LogP contribution in [0.5, 0.6) is 0 Å². The molecule has 0 saturated carbocycles. The predicted molar refractivity (Wildman–Crippen MR) is 197 cm³/mol. The summed E-state index contributed by atoms with van der Waals surface area (Å²) >= 11 is 2.07. The third kappa shape index (κ3) is 3.90. The summed E-state index contributed by atoms with van der Waals surface area (Å²) in [6.45, 7) is 0. The molecule has 7 aromatic carbocycles. The molecule has 0 spiro atoms. The quantitative estimate of drug-likeness (QED) is 0.181. The first-order chi connectivity index (χ1) is 22.8. The summed E-state index contributed by atoms with van der Waals surface area (Å²) in [6.07, 6.45) is 4.80. The summed E-state index contributed by atoms with van der Waals surface area (Å²) < 4.78 is 2.57. The van der Waals surface area contributed by atoms with Crippen molar-refractivity contribution in [3.8, 4) is 39.1 Å². The average Bonchev–Trinajstić information content (AvgIpc) is 3.85. The van der Waals surface area contributed by atoms with Crippen LogP contribution in [-0.4, -0.2) is 4.57 Å². The van der Waals surface area contributed by atoms with Crippen LogP contribution in [0.1, 0.15) is 21.6 Å². The van der Waals surface area contributed by atoms with Crippen LogP contribution < -0.4 is 0 Å². The smallest absolute Gasteiger partial charge is 0.0591 e. The second-order valence-corrected chi connectivity index (χ2v) is 13.7. The van der Waals surface area contributed by atoms with Crippen molar-refractivity contribution in [1.29, 1.82) is 0 Å². The number of hydrogen-bond donors (Lipinski definition) is 0. The van der Waals surface area contributed by atoms with E-state index in [1.54, 1.807) is 0 Å². The molecule has 0 N–H and O–H groups in total. The summed E-state index contributed by atoms with van der Waals surface area (Å²) in [7, 11) is 0. The Morgan fingerprint density at radius 2 is 1.07 bits per heavy atom. The van der Waals surface area contributed by atoms with E-state index >= 15 is 0 Å². The Morgan fingerprint density at radius 3 is 1.80 bits per heavy atom. The SMILES string of the molecule is C1=CC2SC1c1ccc3c4c5ccccc5ccc4n(-c4cc(-c5ccccc5)cc(-c5ccc(-c6ccccc6)cc5)c4)c3c12. The molecule has 0 amide bonds. The van der Waals surface area contributed by atoms with Gasteiger partial charge in [-0.05, 0) is 79.5 Å². The molecular weight excluding hydrogens is 575 g/mol. The highest BCUT2D eigenvalue weighted by molar-refractivity contribution is 8.00. The molecule has 1 nitrogen and oxygen atoms in total. The maximum atomic E-state index is 2.57. The molecular formula is C44H29NS. The summed E-state index contributed by atoms with van der Waals surface area (Å²) in [5.74, 6) is 0. The van der Waals surface area contributed by atoms with Gasteiger partial charge >= 0.3 is 0 Å². The number of rotatable bonds is 4. The van der Waals surface area contributed by atoms with Gasteiger partial charge in [-0.3, -0.25) is 0 Å². The molecule has 3 heterocycles. The lowest BCUT2D eigenvalue weighted by atomic mass is 9.93. The van der Waals surface area contributed by atoms with Gasteiger partial charge in [-0.1, -0.05) is 140 Å². The fourth-order valence-electron chi connectivity index (χ4n) is 7.71. The molecule has 8 aromatic rings. The van der Waals surface area contributed by atoms with Crippen molar-refractivity contribution in [3.05, 3.63) is 175 Å². The van der Waals surface area contributed by atoms with Gasteiger partial charge in [0.15, 0.2) is 0 Å². The molecule has 216 valence electrons. The van der Waals surface area contributed by atoms with Crippen LogP contribution in [0.4, 0.5) is 0 Å². The van der Waals surface area contributed by atoms with Crippen LogP contribution in [0, 0.1) is 0 Å². The topological polar surface area (TPSA) is 4.93 Å². The number of fused-ring (bicyclic) bond motifs is 11. The van der Waals surface area contributed by atoms with Gasteiger partial charge in [0.25, 0.3) is 0 Å². The Kier molecular flexibility index (Phi) is 5.70. The minimum atomic E-state index is 0.389. The normalized spacial score (nSPS) is 16.5. The Bertz CT molecular complexity index is 2490. The van der Waals surface area contributed by atoms with Crippen LogP contribution in [0.3, 0.4) is 0 Å². The maximum absolute atomic E-state index is 2.57. The minimum absolute atomic E-state index is 0.389. The van der Waals surface area contributed by atoms with E-state index in [9.17, 15) is 0 Å². The molecule has 0 saturated heterocycles. The van der Waals surface area contributed by atoms with Crippen molar-refractivity contribution in [2.75, 3.05) is 0 Å². The lowest BCUT2D eigenvalue weighted by molar-refractivity contribution is 1.11.